The number of nitrogens with one attached hydrogen (secondary N) is 1. The zero-order valence-corrected chi connectivity index (χ0v) is 11.9. The van der Waals surface area contributed by atoms with Crippen molar-refractivity contribution in [2.45, 2.75) is 12.2 Å². The number of hydrogen-bond donors (Lipinski definition) is 2. The van der Waals surface area contributed by atoms with E-state index in [4.69, 9.17) is 5.73 Å². The minimum atomic E-state index is -3.92. The monoisotopic (exact) mass is 297 g/mol. The highest BCUT2D eigenvalue weighted by molar-refractivity contribution is 7.94. The lowest BCUT2D eigenvalue weighted by Crippen LogP contribution is -2.33. The Labute approximate surface area is 117 Å². The number of esters is 1. The van der Waals surface area contributed by atoms with Crippen molar-refractivity contribution in [2.24, 2.45) is 5.73 Å². The number of hydrogen-bond acceptors (Lipinski definition) is 6. The van der Waals surface area contributed by atoms with Crippen molar-refractivity contribution in [3.8, 4) is 11.8 Å². The number of aromatic nitrogens is 1. The number of carbonyl (C=O) groups is 1. The van der Waals surface area contributed by atoms with E-state index in [0.29, 0.717) is 5.56 Å². The van der Waals surface area contributed by atoms with Crippen LogP contribution in [0.2, 0.25) is 0 Å². The van der Waals surface area contributed by atoms with Crippen molar-refractivity contribution in [1.82, 2.24) is 4.98 Å². The summed E-state index contributed by atoms with van der Waals surface area (Å²) in [6.45, 7) is 1.43. The highest BCUT2D eigenvalue weighted by atomic mass is 32.2. The van der Waals surface area contributed by atoms with Gasteiger partial charge in [-0.1, -0.05) is 11.8 Å². The molecule has 0 aliphatic heterocycles. The molecule has 1 heterocycles. The number of pyridine rings is 1. The highest BCUT2D eigenvalue weighted by Gasteiger charge is 2.29. The van der Waals surface area contributed by atoms with Gasteiger partial charge in [-0.2, -0.15) is 0 Å². The van der Waals surface area contributed by atoms with E-state index in [-0.39, 0.29) is 12.4 Å². The molecule has 8 heteroatoms. The van der Waals surface area contributed by atoms with Crippen LogP contribution in [-0.2, 0) is 19.6 Å². The molecular formula is C12H15N3O4S. The predicted octanol–water partition coefficient (Wildman–Crippen LogP) is -0.305. The van der Waals surface area contributed by atoms with Crippen molar-refractivity contribution >= 4 is 21.8 Å². The first-order chi connectivity index (χ1) is 9.40. The number of nitrogens with zero attached hydrogens (tertiary/aromatic N) is 1. The van der Waals surface area contributed by atoms with Crippen LogP contribution in [0, 0.1) is 11.8 Å². The number of anilines is 1. The van der Waals surface area contributed by atoms with E-state index in [1.54, 1.807) is 6.07 Å². The van der Waals surface area contributed by atoms with Crippen LogP contribution in [0.15, 0.2) is 18.3 Å². The minimum absolute atomic E-state index is 0.0737. The second kappa shape index (κ2) is 6.88. The van der Waals surface area contributed by atoms with Gasteiger partial charge in [0.1, 0.15) is 5.82 Å². The molecule has 1 atom stereocenters. The Bertz CT molecular complexity index is 646. The van der Waals surface area contributed by atoms with E-state index in [1.165, 1.54) is 19.2 Å². The number of nitrogens with two attached hydrogens (primary N) is 1. The van der Waals surface area contributed by atoms with Crippen LogP contribution >= 0.6 is 0 Å². The van der Waals surface area contributed by atoms with Crippen molar-refractivity contribution in [3.63, 3.8) is 0 Å². The topological polar surface area (TPSA) is 111 Å². The average Bonchev–Trinajstić information content (AvgIpc) is 2.43. The van der Waals surface area contributed by atoms with Crippen LogP contribution in [0.25, 0.3) is 0 Å². The lowest BCUT2D eigenvalue weighted by molar-refractivity contribution is -0.139. The summed E-state index contributed by atoms with van der Waals surface area (Å²) in [7, 11) is -2.80. The maximum atomic E-state index is 11.9. The molecule has 3 N–H and O–H groups in total. The fraction of sp³-hybridized carbons (Fsp3) is 0.333. The first kappa shape index (κ1) is 15.9. The number of methoxy groups -OCH3 is 1. The SMILES string of the molecule is COC(=O)C(C)S(=O)(=O)Nc1cc(C#CCN)ccn1. The molecule has 1 unspecified atom stereocenters. The third-order valence-corrected chi connectivity index (χ3v) is 3.96. The normalized spacial score (nSPS) is 11.9. The van der Waals surface area contributed by atoms with E-state index in [9.17, 15) is 13.2 Å². The third-order valence-electron chi connectivity index (χ3n) is 2.34. The summed E-state index contributed by atoms with van der Waals surface area (Å²) in [5.41, 5.74) is 5.82. The molecule has 0 spiro atoms. The second-order valence-corrected chi connectivity index (χ2v) is 5.75. The largest absolute Gasteiger partial charge is 0.468 e. The van der Waals surface area contributed by atoms with Gasteiger partial charge in [-0.25, -0.2) is 13.4 Å². The third kappa shape index (κ3) is 4.22. The summed E-state index contributed by atoms with van der Waals surface area (Å²) < 4.78 is 30.4. The zero-order chi connectivity index (χ0) is 15.2. The molecule has 0 bridgehead atoms. The summed E-state index contributed by atoms with van der Waals surface area (Å²) >= 11 is 0. The minimum Gasteiger partial charge on any atom is -0.468 e. The molecule has 0 saturated heterocycles. The first-order valence-electron chi connectivity index (χ1n) is 5.65. The van der Waals surface area contributed by atoms with Crippen molar-refractivity contribution in [2.75, 3.05) is 18.4 Å². The number of rotatable bonds is 4. The molecule has 0 fully saturated rings. The molecule has 1 aromatic heterocycles. The lowest BCUT2D eigenvalue weighted by Gasteiger charge is -2.12. The van der Waals surface area contributed by atoms with Crippen LogP contribution in [0.1, 0.15) is 12.5 Å². The summed E-state index contributed by atoms with van der Waals surface area (Å²) in [5.74, 6) is 4.62. The first-order valence-corrected chi connectivity index (χ1v) is 7.19. The molecule has 0 saturated carbocycles. The van der Waals surface area contributed by atoms with Gasteiger partial charge < -0.3 is 10.5 Å². The van der Waals surface area contributed by atoms with Gasteiger partial charge in [-0.05, 0) is 19.1 Å². The van der Waals surface area contributed by atoms with Crippen LogP contribution in [0.4, 0.5) is 5.82 Å². The fourth-order valence-corrected chi connectivity index (χ4v) is 2.17. The molecule has 108 valence electrons. The Morgan fingerprint density at radius 3 is 2.90 bits per heavy atom. The molecule has 0 radical (unpaired) electrons. The van der Waals surface area contributed by atoms with E-state index < -0.39 is 21.2 Å². The summed E-state index contributed by atoms with van der Waals surface area (Å²) in [5, 5.41) is -1.34. The van der Waals surface area contributed by atoms with Gasteiger partial charge in [-0.15, -0.1) is 0 Å². The van der Waals surface area contributed by atoms with E-state index in [0.717, 1.165) is 7.11 Å². The van der Waals surface area contributed by atoms with E-state index >= 15 is 0 Å². The number of ether oxygens (including phenoxy) is 1. The van der Waals surface area contributed by atoms with Crippen LogP contribution in [0.3, 0.4) is 0 Å². The molecule has 0 amide bonds. The van der Waals surface area contributed by atoms with Gasteiger partial charge in [0.15, 0.2) is 5.25 Å². The average molecular weight is 297 g/mol. The Kier molecular flexibility index (Phi) is 5.49. The molecule has 0 aliphatic rings. The Balaban J connectivity index is 2.95. The molecule has 20 heavy (non-hydrogen) atoms. The molecule has 1 aromatic rings. The smallest absolute Gasteiger partial charge is 0.325 e. The maximum absolute atomic E-state index is 11.9. The number of sulfonamides is 1. The van der Waals surface area contributed by atoms with Gasteiger partial charge in [0.05, 0.1) is 13.7 Å². The molecule has 0 aliphatic carbocycles. The molecule has 0 aromatic carbocycles. The zero-order valence-electron chi connectivity index (χ0n) is 11.1. The summed E-state index contributed by atoms with van der Waals surface area (Å²) in [4.78, 5) is 15.1. The second-order valence-electron chi connectivity index (χ2n) is 3.75. The van der Waals surface area contributed by atoms with Crippen LogP contribution < -0.4 is 10.5 Å². The number of carbonyl (C=O) groups excluding carboxylic acids is 1. The van der Waals surface area contributed by atoms with Gasteiger partial charge in [-0.3, -0.25) is 9.52 Å². The maximum Gasteiger partial charge on any atom is 0.325 e. The van der Waals surface area contributed by atoms with Crippen LogP contribution in [0.5, 0.6) is 0 Å². The quantitative estimate of drug-likeness (QED) is 0.583. The highest BCUT2D eigenvalue weighted by Crippen LogP contribution is 2.11. The summed E-state index contributed by atoms with van der Waals surface area (Å²) in [6, 6.07) is 3.06. The van der Waals surface area contributed by atoms with Gasteiger partial charge >= 0.3 is 5.97 Å². The van der Waals surface area contributed by atoms with E-state index in [1.807, 2.05) is 0 Å². The summed E-state index contributed by atoms with van der Waals surface area (Å²) in [6.07, 6.45) is 1.40. The van der Waals surface area contributed by atoms with Gasteiger partial charge in [0.25, 0.3) is 0 Å². The molecule has 7 nitrogen and oxygen atoms in total. The lowest BCUT2D eigenvalue weighted by atomic mass is 10.2. The predicted molar refractivity (Wildman–Crippen MR) is 74.2 cm³/mol. The van der Waals surface area contributed by atoms with Crippen molar-refractivity contribution < 1.29 is 17.9 Å². The van der Waals surface area contributed by atoms with Crippen molar-refractivity contribution in [1.29, 1.82) is 0 Å². The Hall–Kier alpha value is -2.11. The molecule has 1 rings (SSSR count). The van der Waals surface area contributed by atoms with Crippen LogP contribution in [-0.4, -0.2) is 38.3 Å². The van der Waals surface area contributed by atoms with E-state index in [2.05, 4.69) is 26.3 Å². The Morgan fingerprint density at radius 1 is 1.60 bits per heavy atom. The fourth-order valence-electron chi connectivity index (χ4n) is 1.24. The Morgan fingerprint density at radius 2 is 2.30 bits per heavy atom. The standard InChI is InChI=1S/C12H15N3O4S/c1-9(12(16)19-2)20(17,18)15-11-8-10(4-3-6-13)5-7-14-11/h5,7-9H,6,13H2,1-2H3,(H,14,15). The van der Waals surface area contributed by atoms with Gasteiger partial charge in [0, 0.05) is 11.8 Å². The molecular weight excluding hydrogens is 282 g/mol. The van der Waals surface area contributed by atoms with Gasteiger partial charge in [0.2, 0.25) is 10.0 Å². The van der Waals surface area contributed by atoms with Crippen molar-refractivity contribution in [3.05, 3.63) is 23.9 Å².